The minimum atomic E-state index is -0.967. The molecule has 0 aliphatic rings. The Bertz CT molecular complexity index is 1050. The van der Waals surface area contributed by atoms with Crippen molar-refractivity contribution < 1.29 is 19.4 Å². The first kappa shape index (κ1) is 22.3. The van der Waals surface area contributed by atoms with Gasteiger partial charge >= 0.3 is 5.97 Å². The van der Waals surface area contributed by atoms with E-state index in [1.54, 1.807) is 19.4 Å². The van der Waals surface area contributed by atoms with Crippen LogP contribution in [0.1, 0.15) is 22.5 Å². The zero-order valence-corrected chi connectivity index (χ0v) is 18.5. The first-order valence-corrected chi connectivity index (χ1v) is 10.4. The number of benzene rings is 2. The lowest BCUT2D eigenvalue weighted by atomic mass is 10.00. The van der Waals surface area contributed by atoms with Crippen LogP contribution in [0.5, 0.6) is 5.75 Å². The van der Waals surface area contributed by atoms with Crippen molar-refractivity contribution >= 4 is 33.5 Å². The molecule has 3 N–H and O–H groups in total. The largest absolute Gasteiger partial charge is 0.497 e. The third-order valence-corrected chi connectivity index (χ3v) is 5.10. The van der Waals surface area contributed by atoms with Gasteiger partial charge in [-0.1, -0.05) is 28.1 Å². The van der Waals surface area contributed by atoms with Gasteiger partial charge in [0.2, 0.25) is 0 Å². The van der Waals surface area contributed by atoms with E-state index in [1.807, 2.05) is 48.5 Å². The molecule has 3 rings (SSSR count). The number of hydrogen-bond donors (Lipinski definition) is 3. The third-order valence-electron chi connectivity index (χ3n) is 4.58. The van der Waals surface area contributed by atoms with Gasteiger partial charge in [0.25, 0.3) is 5.91 Å². The fourth-order valence-electron chi connectivity index (χ4n) is 2.93. The van der Waals surface area contributed by atoms with Gasteiger partial charge in [-0.3, -0.25) is 14.6 Å². The van der Waals surface area contributed by atoms with Crippen LogP contribution in [0.25, 0.3) is 11.1 Å². The summed E-state index contributed by atoms with van der Waals surface area (Å²) in [4.78, 5) is 27.0. The van der Waals surface area contributed by atoms with Crippen molar-refractivity contribution in [3.63, 3.8) is 0 Å². The first-order chi connectivity index (χ1) is 15.0. The van der Waals surface area contributed by atoms with Crippen LogP contribution in [0.15, 0.2) is 65.3 Å². The van der Waals surface area contributed by atoms with Gasteiger partial charge in [0.05, 0.1) is 13.5 Å². The van der Waals surface area contributed by atoms with Crippen LogP contribution >= 0.6 is 15.9 Å². The average molecular weight is 484 g/mol. The fraction of sp³-hybridized carbons (Fsp3) is 0.174. The fourth-order valence-corrected chi connectivity index (χ4v) is 3.20. The van der Waals surface area contributed by atoms with Crippen molar-refractivity contribution in [3.8, 4) is 16.9 Å². The molecule has 0 bridgehead atoms. The van der Waals surface area contributed by atoms with Gasteiger partial charge in [-0.25, -0.2) is 0 Å². The van der Waals surface area contributed by atoms with E-state index in [4.69, 9.17) is 9.84 Å². The molecule has 0 unspecified atom stereocenters. The number of rotatable bonds is 9. The normalized spacial score (nSPS) is 10.4. The lowest BCUT2D eigenvalue weighted by molar-refractivity contribution is -0.136. The minimum absolute atomic E-state index is 0.0549. The van der Waals surface area contributed by atoms with Crippen molar-refractivity contribution in [1.82, 2.24) is 10.3 Å². The maximum absolute atomic E-state index is 12.1. The summed E-state index contributed by atoms with van der Waals surface area (Å²) in [6.45, 7) is 0.651. The monoisotopic (exact) mass is 483 g/mol. The molecule has 2 aromatic carbocycles. The maximum Gasteiger partial charge on any atom is 0.305 e. The number of aliphatic carboxylic acids is 1. The molecule has 0 aliphatic carbocycles. The molecule has 0 radical (unpaired) electrons. The standard InChI is InChI=1S/C23H22BrN3O4/c1-31-19-8-2-15(13-26-18-6-4-17(24)5-7-18)20(12-19)16-3-9-21(27-14-16)23(30)25-11-10-22(28)29/h2-9,12,14,26H,10-11,13H2,1H3,(H,25,30)(H,28,29). The van der Waals surface area contributed by atoms with Crippen molar-refractivity contribution in [3.05, 3.63) is 76.5 Å². The summed E-state index contributed by atoms with van der Waals surface area (Å²) in [5.41, 5.74) is 4.05. The number of carbonyl (C=O) groups is 2. The summed E-state index contributed by atoms with van der Waals surface area (Å²) in [7, 11) is 1.61. The number of methoxy groups -OCH3 is 1. The number of nitrogens with one attached hydrogen (secondary N) is 2. The number of halogens is 1. The summed E-state index contributed by atoms with van der Waals surface area (Å²) in [6, 6.07) is 17.2. The summed E-state index contributed by atoms with van der Waals surface area (Å²) in [5, 5.41) is 14.6. The summed E-state index contributed by atoms with van der Waals surface area (Å²) in [6.07, 6.45) is 1.49. The van der Waals surface area contributed by atoms with Gasteiger partial charge in [0.15, 0.2) is 0 Å². The molecule has 0 atom stereocenters. The van der Waals surface area contributed by atoms with E-state index < -0.39 is 11.9 Å². The molecular weight excluding hydrogens is 462 g/mol. The quantitative estimate of drug-likeness (QED) is 0.418. The number of pyridine rings is 1. The second-order valence-electron chi connectivity index (χ2n) is 6.72. The molecule has 1 aromatic heterocycles. The maximum atomic E-state index is 12.1. The number of carbonyl (C=O) groups excluding carboxylic acids is 1. The predicted molar refractivity (Wildman–Crippen MR) is 122 cm³/mol. The summed E-state index contributed by atoms with van der Waals surface area (Å²) >= 11 is 3.43. The molecule has 0 aliphatic heterocycles. The molecule has 1 amide bonds. The van der Waals surface area contributed by atoms with Crippen LogP contribution < -0.4 is 15.4 Å². The van der Waals surface area contributed by atoms with Crippen LogP contribution in [-0.2, 0) is 11.3 Å². The highest BCUT2D eigenvalue weighted by Gasteiger charge is 2.11. The van der Waals surface area contributed by atoms with Crippen molar-refractivity contribution in [2.45, 2.75) is 13.0 Å². The number of anilines is 1. The van der Waals surface area contributed by atoms with Crippen LogP contribution in [-0.4, -0.2) is 35.6 Å². The Morgan fingerprint density at radius 3 is 2.52 bits per heavy atom. The Morgan fingerprint density at radius 1 is 1.10 bits per heavy atom. The van der Waals surface area contributed by atoms with Crippen LogP contribution in [0, 0.1) is 0 Å². The number of hydrogen-bond acceptors (Lipinski definition) is 5. The Balaban J connectivity index is 1.77. The molecule has 160 valence electrons. The molecule has 0 fully saturated rings. The molecule has 0 saturated carbocycles. The van der Waals surface area contributed by atoms with Crippen LogP contribution in [0.4, 0.5) is 5.69 Å². The number of nitrogens with zero attached hydrogens (tertiary/aromatic N) is 1. The summed E-state index contributed by atoms with van der Waals surface area (Å²) in [5.74, 6) is -0.653. The molecule has 0 spiro atoms. The van der Waals surface area contributed by atoms with Crippen LogP contribution in [0.2, 0.25) is 0 Å². The number of carboxylic acid groups (broad SMARTS) is 1. The second-order valence-corrected chi connectivity index (χ2v) is 7.63. The number of carboxylic acids is 1. The molecular formula is C23H22BrN3O4. The van der Waals surface area contributed by atoms with E-state index >= 15 is 0 Å². The Kier molecular flexibility index (Phi) is 7.61. The highest BCUT2D eigenvalue weighted by molar-refractivity contribution is 9.10. The lowest BCUT2D eigenvalue weighted by Crippen LogP contribution is -2.26. The molecule has 1 heterocycles. The van der Waals surface area contributed by atoms with E-state index in [2.05, 4.69) is 31.5 Å². The minimum Gasteiger partial charge on any atom is -0.497 e. The van der Waals surface area contributed by atoms with Gasteiger partial charge < -0.3 is 20.5 Å². The summed E-state index contributed by atoms with van der Waals surface area (Å²) < 4.78 is 6.39. The predicted octanol–water partition coefficient (Wildman–Crippen LogP) is 4.34. The molecule has 31 heavy (non-hydrogen) atoms. The number of amides is 1. The SMILES string of the molecule is COc1ccc(CNc2ccc(Br)cc2)c(-c2ccc(C(=O)NCCC(=O)O)nc2)c1. The molecule has 0 saturated heterocycles. The van der Waals surface area contributed by atoms with E-state index in [0.717, 1.165) is 32.6 Å². The average Bonchev–Trinajstić information content (AvgIpc) is 2.78. The van der Waals surface area contributed by atoms with Gasteiger partial charge in [-0.2, -0.15) is 0 Å². The van der Waals surface area contributed by atoms with Crippen molar-refractivity contribution in [1.29, 1.82) is 0 Å². The highest BCUT2D eigenvalue weighted by Crippen LogP contribution is 2.28. The van der Waals surface area contributed by atoms with E-state index in [0.29, 0.717) is 6.54 Å². The molecule has 8 heteroatoms. The zero-order valence-electron chi connectivity index (χ0n) is 16.9. The Hall–Kier alpha value is -3.39. The third kappa shape index (κ3) is 6.29. The van der Waals surface area contributed by atoms with Gasteiger partial charge in [-0.05, 0) is 53.6 Å². The number of ether oxygens (including phenoxy) is 1. The van der Waals surface area contributed by atoms with Crippen molar-refractivity contribution in [2.24, 2.45) is 0 Å². The zero-order chi connectivity index (χ0) is 22.2. The van der Waals surface area contributed by atoms with Gasteiger partial charge in [0.1, 0.15) is 11.4 Å². The lowest BCUT2D eigenvalue weighted by Gasteiger charge is -2.14. The Morgan fingerprint density at radius 2 is 1.87 bits per heavy atom. The van der Waals surface area contributed by atoms with E-state index in [9.17, 15) is 9.59 Å². The van der Waals surface area contributed by atoms with Gasteiger partial charge in [0, 0.05) is 35.0 Å². The van der Waals surface area contributed by atoms with Crippen molar-refractivity contribution in [2.75, 3.05) is 19.0 Å². The highest BCUT2D eigenvalue weighted by atomic mass is 79.9. The molecule has 7 nitrogen and oxygen atoms in total. The van der Waals surface area contributed by atoms with E-state index in [-0.39, 0.29) is 18.7 Å². The number of aromatic nitrogens is 1. The van der Waals surface area contributed by atoms with Crippen LogP contribution in [0.3, 0.4) is 0 Å². The van der Waals surface area contributed by atoms with E-state index in [1.165, 1.54) is 0 Å². The van der Waals surface area contributed by atoms with Gasteiger partial charge in [-0.15, -0.1) is 0 Å². The topological polar surface area (TPSA) is 101 Å². The molecule has 3 aromatic rings. The Labute approximate surface area is 188 Å². The second kappa shape index (κ2) is 10.6. The first-order valence-electron chi connectivity index (χ1n) is 9.59. The smallest absolute Gasteiger partial charge is 0.305 e.